The van der Waals surface area contributed by atoms with Crippen molar-refractivity contribution in [2.45, 2.75) is 4.90 Å². The molecule has 0 saturated heterocycles. The molecular weight excluding hydrogens is 374 g/mol. The molecule has 2 aromatic rings. The van der Waals surface area contributed by atoms with E-state index in [-0.39, 0.29) is 28.7 Å². The highest BCUT2D eigenvalue weighted by Crippen LogP contribution is 2.37. The molecule has 1 aliphatic rings. The molecule has 2 aromatic carbocycles. The second-order valence-electron chi connectivity index (χ2n) is 4.83. The van der Waals surface area contributed by atoms with E-state index in [1.807, 2.05) is 4.83 Å². The predicted molar refractivity (Wildman–Crippen MR) is 88.6 cm³/mol. The molecule has 25 heavy (non-hydrogen) atoms. The van der Waals surface area contributed by atoms with Crippen molar-refractivity contribution in [3.63, 3.8) is 0 Å². The maximum absolute atomic E-state index is 12.1. The van der Waals surface area contributed by atoms with Gasteiger partial charge in [0.15, 0.2) is 11.5 Å². The Morgan fingerprint density at radius 2 is 1.84 bits per heavy atom. The van der Waals surface area contributed by atoms with Crippen LogP contribution in [0.25, 0.3) is 0 Å². The zero-order valence-corrected chi connectivity index (χ0v) is 14.0. The van der Waals surface area contributed by atoms with Gasteiger partial charge in [-0.1, -0.05) is 11.6 Å². The summed E-state index contributed by atoms with van der Waals surface area (Å²) in [5.74, 6) is 0.554. The monoisotopic (exact) mass is 383 g/mol. The summed E-state index contributed by atoms with van der Waals surface area (Å²) in [7, 11) is -3.92. The lowest BCUT2D eigenvalue weighted by molar-refractivity contribution is -0.385. The number of nitrogens with zero attached hydrogens (tertiary/aromatic N) is 2. The molecule has 0 aliphatic carbocycles. The third-order valence-electron chi connectivity index (χ3n) is 3.22. The number of hydrogen-bond acceptors (Lipinski definition) is 7. The summed E-state index contributed by atoms with van der Waals surface area (Å²) in [5, 5.41) is 15.1. The number of hydrazone groups is 1. The first-order valence-electron chi connectivity index (χ1n) is 6.75. The number of ether oxygens (including phenoxy) is 2. The van der Waals surface area contributed by atoms with E-state index in [2.05, 4.69) is 5.10 Å². The Morgan fingerprint density at radius 1 is 1.20 bits per heavy atom. The van der Waals surface area contributed by atoms with Crippen LogP contribution in [0.1, 0.15) is 5.56 Å². The van der Waals surface area contributed by atoms with Crippen LogP contribution in [0.5, 0.6) is 11.5 Å². The fourth-order valence-electron chi connectivity index (χ4n) is 2.04. The molecule has 0 aromatic heterocycles. The molecule has 0 unspecified atom stereocenters. The molecule has 0 bridgehead atoms. The molecule has 0 spiro atoms. The van der Waals surface area contributed by atoms with Gasteiger partial charge in [0, 0.05) is 5.02 Å². The second kappa shape index (κ2) is 6.57. The molecule has 1 aliphatic heterocycles. The molecule has 0 fully saturated rings. The van der Waals surface area contributed by atoms with Crippen LogP contribution in [0.15, 0.2) is 46.4 Å². The molecule has 0 saturated carbocycles. The van der Waals surface area contributed by atoms with E-state index in [0.29, 0.717) is 10.8 Å². The number of rotatable bonds is 5. The summed E-state index contributed by atoms with van der Waals surface area (Å²) in [5.41, 5.74) is -0.230. The van der Waals surface area contributed by atoms with E-state index in [1.54, 1.807) is 0 Å². The van der Waals surface area contributed by atoms with Gasteiger partial charge in [-0.2, -0.15) is 13.5 Å². The minimum Gasteiger partial charge on any atom is -0.454 e. The molecule has 1 N–H and O–H groups in total. The summed E-state index contributed by atoms with van der Waals surface area (Å²) in [6.07, 6.45) is 1.02. The number of nitro benzene ring substituents is 1. The Kier molecular flexibility index (Phi) is 4.47. The Hall–Kier alpha value is -2.85. The van der Waals surface area contributed by atoms with Crippen molar-refractivity contribution in [1.29, 1.82) is 0 Å². The lowest BCUT2D eigenvalue weighted by Crippen LogP contribution is -2.18. The Morgan fingerprint density at radius 3 is 2.48 bits per heavy atom. The topological polar surface area (TPSA) is 120 Å². The zero-order chi connectivity index (χ0) is 18.0. The molecular formula is C14H10ClN3O6S. The predicted octanol–water partition coefficient (Wildman–Crippen LogP) is 2.29. The minimum atomic E-state index is -3.92. The van der Waals surface area contributed by atoms with Gasteiger partial charge in [0.2, 0.25) is 6.79 Å². The number of fused-ring (bicyclic) bond motifs is 1. The molecule has 11 heteroatoms. The maximum Gasteiger partial charge on any atom is 0.282 e. The first-order chi connectivity index (χ1) is 11.9. The standard InChI is InChI=1S/C14H10ClN3O6S/c15-10-1-3-11(4-2-10)25(21,22)17-16-7-9-5-13-14(24-8-23-13)6-12(9)18(19)20/h1-7,17H,8H2. The number of sulfonamides is 1. The van der Waals surface area contributed by atoms with Crippen LogP contribution in [-0.2, 0) is 10.0 Å². The van der Waals surface area contributed by atoms with Crippen LogP contribution >= 0.6 is 11.6 Å². The van der Waals surface area contributed by atoms with Crippen LogP contribution in [-0.4, -0.2) is 26.3 Å². The molecule has 0 atom stereocenters. The van der Waals surface area contributed by atoms with Crippen LogP contribution in [0.2, 0.25) is 5.02 Å². The average molecular weight is 384 g/mol. The van der Waals surface area contributed by atoms with Gasteiger partial charge in [-0.25, -0.2) is 4.83 Å². The summed E-state index contributed by atoms with van der Waals surface area (Å²) >= 11 is 5.71. The smallest absolute Gasteiger partial charge is 0.282 e. The number of halogens is 1. The highest BCUT2D eigenvalue weighted by Gasteiger charge is 2.22. The van der Waals surface area contributed by atoms with E-state index in [9.17, 15) is 18.5 Å². The van der Waals surface area contributed by atoms with Crippen molar-refractivity contribution in [1.82, 2.24) is 4.83 Å². The highest BCUT2D eigenvalue weighted by atomic mass is 35.5. The van der Waals surface area contributed by atoms with E-state index >= 15 is 0 Å². The van der Waals surface area contributed by atoms with Gasteiger partial charge in [0.1, 0.15) is 0 Å². The third-order valence-corrected chi connectivity index (χ3v) is 4.71. The Balaban J connectivity index is 1.85. The van der Waals surface area contributed by atoms with E-state index < -0.39 is 14.9 Å². The zero-order valence-electron chi connectivity index (χ0n) is 12.4. The number of benzene rings is 2. The molecule has 130 valence electrons. The van der Waals surface area contributed by atoms with Crippen molar-refractivity contribution >= 4 is 33.5 Å². The largest absolute Gasteiger partial charge is 0.454 e. The van der Waals surface area contributed by atoms with Crippen molar-refractivity contribution in [2.24, 2.45) is 5.10 Å². The van der Waals surface area contributed by atoms with Gasteiger partial charge in [0.25, 0.3) is 15.7 Å². The molecule has 0 radical (unpaired) electrons. The summed E-state index contributed by atoms with van der Waals surface area (Å²) in [6, 6.07) is 8.00. The van der Waals surface area contributed by atoms with E-state index in [4.69, 9.17) is 21.1 Å². The van der Waals surface area contributed by atoms with Crippen LogP contribution in [0.3, 0.4) is 0 Å². The van der Waals surface area contributed by atoms with Crippen molar-refractivity contribution < 1.29 is 22.8 Å². The summed E-state index contributed by atoms with van der Waals surface area (Å²) in [6.45, 7) is -0.0454. The fourth-order valence-corrected chi connectivity index (χ4v) is 2.96. The fraction of sp³-hybridized carbons (Fsp3) is 0.0714. The third kappa shape index (κ3) is 3.64. The summed E-state index contributed by atoms with van der Waals surface area (Å²) < 4.78 is 34.4. The van der Waals surface area contributed by atoms with Crippen molar-refractivity contribution in [2.75, 3.05) is 6.79 Å². The summed E-state index contributed by atoms with van der Waals surface area (Å²) in [4.78, 5) is 12.4. The van der Waals surface area contributed by atoms with Crippen molar-refractivity contribution in [3.8, 4) is 11.5 Å². The Labute approximate surface area is 147 Å². The lowest BCUT2D eigenvalue weighted by atomic mass is 10.1. The normalized spacial score (nSPS) is 13.2. The number of nitrogens with one attached hydrogen (secondary N) is 1. The average Bonchev–Trinajstić information content (AvgIpc) is 3.01. The minimum absolute atomic E-state index is 0.0454. The SMILES string of the molecule is O=[N+]([O-])c1cc2c(cc1C=NNS(=O)(=O)c1ccc(Cl)cc1)OCO2. The van der Waals surface area contributed by atoms with Gasteiger partial charge >= 0.3 is 0 Å². The maximum atomic E-state index is 12.1. The number of hydrogen-bond donors (Lipinski definition) is 1. The molecule has 9 nitrogen and oxygen atoms in total. The second-order valence-corrected chi connectivity index (χ2v) is 6.93. The lowest BCUT2D eigenvalue weighted by Gasteiger charge is -2.04. The molecule has 3 rings (SSSR count). The highest BCUT2D eigenvalue weighted by molar-refractivity contribution is 7.89. The van der Waals surface area contributed by atoms with Gasteiger partial charge < -0.3 is 9.47 Å². The molecule has 0 amide bonds. The quantitative estimate of drug-likeness (QED) is 0.480. The van der Waals surface area contributed by atoms with Crippen LogP contribution in [0.4, 0.5) is 5.69 Å². The van der Waals surface area contributed by atoms with Gasteiger partial charge in [-0.15, -0.1) is 0 Å². The van der Waals surface area contributed by atoms with E-state index in [0.717, 1.165) is 6.21 Å². The van der Waals surface area contributed by atoms with Crippen LogP contribution < -0.4 is 14.3 Å². The van der Waals surface area contributed by atoms with Gasteiger partial charge in [0.05, 0.1) is 27.7 Å². The van der Waals surface area contributed by atoms with Gasteiger partial charge in [-0.05, 0) is 30.3 Å². The first kappa shape index (κ1) is 17.0. The first-order valence-corrected chi connectivity index (χ1v) is 8.61. The van der Waals surface area contributed by atoms with E-state index in [1.165, 1.54) is 36.4 Å². The van der Waals surface area contributed by atoms with Crippen molar-refractivity contribution in [3.05, 3.63) is 57.1 Å². The number of nitro groups is 1. The van der Waals surface area contributed by atoms with Crippen LogP contribution in [0, 0.1) is 10.1 Å². The molecule has 1 heterocycles. The Bertz CT molecular complexity index is 959. The van der Waals surface area contributed by atoms with Gasteiger partial charge in [-0.3, -0.25) is 10.1 Å².